The minimum Gasteiger partial charge on any atom is -0.313 e. The highest BCUT2D eigenvalue weighted by atomic mass is 32.2. The quantitative estimate of drug-likeness (QED) is 0.672. The second kappa shape index (κ2) is 5.89. The molecule has 3 heteroatoms. The highest BCUT2D eigenvalue weighted by Gasteiger charge is 2.20. The Morgan fingerprint density at radius 2 is 2.23 bits per heavy atom. The monoisotopic (exact) mass is 202 g/mol. The molecule has 2 nitrogen and oxygen atoms in total. The van der Waals surface area contributed by atoms with Crippen molar-refractivity contribution < 1.29 is 0 Å². The van der Waals surface area contributed by atoms with Crippen LogP contribution in [-0.2, 0) is 0 Å². The molecule has 0 aromatic rings. The van der Waals surface area contributed by atoms with Crippen LogP contribution in [0.25, 0.3) is 0 Å². The van der Waals surface area contributed by atoms with Gasteiger partial charge in [0.15, 0.2) is 0 Å². The maximum atomic E-state index is 3.54. The molecule has 0 aromatic carbocycles. The summed E-state index contributed by atoms with van der Waals surface area (Å²) in [6.07, 6.45) is 4.96. The second-order valence-electron chi connectivity index (χ2n) is 4.01. The van der Waals surface area contributed by atoms with E-state index in [1.54, 1.807) is 0 Å². The molecule has 78 valence electrons. The van der Waals surface area contributed by atoms with Crippen molar-refractivity contribution in [2.24, 2.45) is 0 Å². The van der Waals surface area contributed by atoms with Gasteiger partial charge in [-0.15, -0.1) is 0 Å². The normalized spacial score (nSPS) is 19.4. The van der Waals surface area contributed by atoms with E-state index in [-0.39, 0.29) is 0 Å². The van der Waals surface area contributed by atoms with E-state index >= 15 is 0 Å². The standard InChI is InChI=1S/C10H22N2S/c1-9(8-13-3)12(2)7-6-11-10-4-5-10/h9-11H,4-8H2,1-3H3. The highest BCUT2D eigenvalue weighted by Crippen LogP contribution is 2.18. The van der Waals surface area contributed by atoms with Gasteiger partial charge in [0.2, 0.25) is 0 Å². The van der Waals surface area contributed by atoms with Gasteiger partial charge in [-0.05, 0) is 33.1 Å². The first kappa shape index (κ1) is 11.3. The molecule has 1 saturated carbocycles. The van der Waals surface area contributed by atoms with Crippen LogP contribution in [0.15, 0.2) is 0 Å². The third-order valence-electron chi connectivity index (χ3n) is 2.64. The fourth-order valence-electron chi connectivity index (χ4n) is 1.32. The lowest BCUT2D eigenvalue weighted by atomic mass is 10.3. The predicted molar refractivity (Wildman–Crippen MR) is 61.5 cm³/mol. The molecule has 13 heavy (non-hydrogen) atoms. The Bertz CT molecular complexity index is 137. The van der Waals surface area contributed by atoms with Crippen molar-refractivity contribution in [2.75, 3.05) is 32.1 Å². The Morgan fingerprint density at radius 3 is 2.77 bits per heavy atom. The maximum Gasteiger partial charge on any atom is 0.0155 e. The summed E-state index contributed by atoms with van der Waals surface area (Å²) < 4.78 is 0. The van der Waals surface area contributed by atoms with Crippen molar-refractivity contribution in [1.29, 1.82) is 0 Å². The van der Waals surface area contributed by atoms with Crippen molar-refractivity contribution in [2.45, 2.75) is 31.8 Å². The fraction of sp³-hybridized carbons (Fsp3) is 1.00. The summed E-state index contributed by atoms with van der Waals surface area (Å²) in [4.78, 5) is 2.44. The van der Waals surface area contributed by atoms with E-state index in [4.69, 9.17) is 0 Å². The van der Waals surface area contributed by atoms with E-state index in [1.807, 2.05) is 11.8 Å². The second-order valence-corrected chi connectivity index (χ2v) is 4.92. The molecule has 1 unspecified atom stereocenters. The molecule has 0 aliphatic heterocycles. The third-order valence-corrected chi connectivity index (χ3v) is 3.45. The summed E-state index contributed by atoms with van der Waals surface area (Å²) in [7, 11) is 2.22. The van der Waals surface area contributed by atoms with Crippen molar-refractivity contribution >= 4 is 11.8 Å². The number of hydrogen-bond acceptors (Lipinski definition) is 3. The lowest BCUT2D eigenvalue weighted by Gasteiger charge is -2.23. The van der Waals surface area contributed by atoms with Crippen LogP contribution in [0.2, 0.25) is 0 Å². The van der Waals surface area contributed by atoms with Gasteiger partial charge in [0.25, 0.3) is 0 Å². The first-order valence-corrected chi connectivity index (χ1v) is 6.56. The largest absolute Gasteiger partial charge is 0.313 e. The van der Waals surface area contributed by atoms with Crippen LogP contribution in [0.4, 0.5) is 0 Å². The molecule has 0 aromatic heterocycles. The molecular formula is C10H22N2S. The summed E-state index contributed by atoms with van der Waals surface area (Å²) >= 11 is 1.93. The molecule has 0 bridgehead atoms. The Balaban J connectivity index is 1.97. The minimum absolute atomic E-state index is 0.705. The number of likely N-dealkylation sites (N-methyl/N-ethyl adjacent to an activating group) is 1. The van der Waals surface area contributed by atoms with Crippen molar-refractivity contribution in [1.82, 2.24) is 10.2 Å². The van der Waals surface area contributed by atoms with Crippen molar-refractivity contribution in [3.8, 4) is 0 Å². The van der Waals surface area contributed by atoms with Crippen LogP contribution in [0.3, 0.4) is 0 Å². The van der Waals surface area contributed by atoms with Crippen LogP contribution in [0.5, 0.6) is 0 Å². The topological polar surface area (TPSA) is 15.3 Å². The van der Waals surface area contributed by atoms with E-state index in [9.17, 15) is 0 Å². The molecule has 1 fully saturated rings. The molecule has 0 heterocycles. The lowest BCUT2D eigenvalue weighted by molar-refractivity contribution is 0.277. The van der Waals surface area contributed by atoms with Crippen LogP contribution in [0, 0.1) is 0 Å². The summed E-state index contributed by atoms with van der Waals surface area (Å²) in [5, 5.41) is 3.54. The van der Waals surface area contributed by atoms with E-state index in [0.717, 1.165) is 12.6 Å². The first-order valence-electron chi connectivity index (χ1n) is 5.16. The van der Waals surface area contributed by atoms with E-state index in [0.29, 0.717) is 6.04 Å². The van der Waals surface area contributed by atoms with Crippen LogP contribution in [-0.4, -0.2) is 49.1 Å². The number of nitrogens with zero attached hydrogens (tertiary/aromatic N) is 1. The third kappa shape index (κ3) is 4.89. The summed E-state index contributed by atoms with van der Waals surface area (Å²) in [6, 6.07) is 1.56. The number of nitrogens with one attached hydrogen (secondary N) is 1. The van der Waals surface area contributed by atoms with Gasteiger partial charge in [0, 0.05) is 30.9 Å². The minimum atomic E-state index is 0.705. The van der Waals surface area contributed by atoms with Gasteiger partial charge < -0.3 is 10.2 Å². The Hall–Kier alpha value is 0.270. The molecule has 0 saturated heterocycles. The van der Waals surface area contributed by atoms with Gasteiger partial charge in [0.05, 0.1) is 0 Å². The zero-order chi connectivity index (χ0) is 9.68. The maximum absolute atomic E-state index is 3.54. The molecular weight excluding hydrogens is 180 g/mol. The molecule has 0 radical (unpaired) electrons. The number of rotatable bonds is 7. The summed E-state index contributed by atoms with van der Waals surface area (Å²) in [5.74, 6) is 1.24. The average Bonchev–Trinajstić information content (AvgIpc) is 2.88. The Labute approximate surface area is 86.5 Å². The number of hydrogen-bond donors (Lipinski definition) is 1. The van der Waals surface area contributed by atoms with Gasteiger partial charge in [-0.1, -0.05) is 0 Å². The molecule has 1 aliphatic carbocycles. The lowest BCUT2D eigenvalue weighted by Crippen LogP contribution is -2.37. The van der Waals surface area contributed by atoms with Gasteiger partial charge in [-0.3, -0.25) is 0 Å². The van der Waals surface area contributed by atoms with Crippen LogP contribution >= 0.6 is 11.8 Å². The Kier molecular flexibility index (Phi) is 5.14. The molecule has 0 spiro atoms. The summed E-state index contributed by atoms with van der Waals surface area (Å²) in [5.41, 5.74) is 0. The zero-order valence-electron chi connectivity index (χ0n) is 9.05. The van der Waals surface area contributed by atoms with Crippen molar-refractivity contribution in [3.05, 3.63) is 0 Å². The van der Waals surface area contributed by atoms with Gasteiger partial charge >= 0.3 is 0 Å². The van der Waals surface area contributed by atoms with E-state index in [2.05, 4.69) is 30.4 Å². The fourth-order valence-corrected chi connectivity index (χ4v) is 2.06. The SMILES string of the molecule is CSCC(C)N(C)CCNC1CC1. The molecule has 1 atom stereocenters. The van der Waals surface area contributed by atoms with Crippen LogP contribution < -0.4 is 5.32 Å². The molecule has 1 aliphatic rings. The number of thioether (sulfide) groups is 1. The highest BCUT2D eigenvalue weighted by molar-refractivity contribution is 7.98. The van der Waals surface area contributed by atoms with Crippen LogP contribution in [0.1, 0.15) is 19.8 Å². The Morgan fingerprint density at radius 1 is 1.54 bits per heavy atom. The molecule has 1 N–H and O–H groups in total. The zero-order valence-corrected chi connectivity index (χ0v) is 9.86. The van der Waals surface area contributed by atoms with E-state index in [1.165, 1.54) is 25.1 Å². The van der Waals surface area contributed by atoms with Gasteiger partial charge in [-0.25, -0.2) is 0 Å². The molecule has 0 amide bonds. The van der Waals surface area contributed by atoms with Gasteiger partial charge in [-0.2, -0.15) is 11.8 Å². The van der Waals surface area contributed by atoms with Crippen molar-refractivity contribution in [3.63, 3.8) is 0 Å². The van der Waals surface area contributed by atoms with E-state index < -0.39 is 0 Å². The van der Waals surface area contributed by atoms with Gasteiger partial charge in [0.1, 0.15) is 0 Å². The predicted octanol–water partition coefficient (Wildman–Crippen LogP) is 1.42. The average molecular weight is 202 g/mol. The summed E-state index contributed by atoms with van der Waals surface area (Å²) in [6.45, 7) is 4.63. The first-order chi connectivity index (χ1) is 6.24. The molecule has 1 rings (SSSR count). The smallest absolute Gasteiger partial charge is 0.0155 e.